The van der Waals surface area contributed by atoms with Gasteiger partial charge in [-0.1, -0.05) is 0 Å². The Morgan fingerprint density at radius 1 is 1.25 bits per heavy atom. The molecule has 0 radical (unpaired) electrons. The van der Waals surface area contributed by atoms with Crippen LogP contribution < -0.4 is 10.9 Å². The molecule has 1 N–H and O–H groups in total. The number of rotatable bonds is 1. The van der Waals surface area contributed by atoms with E-state index in [4.69, 9.17) is 4.42 Å². The highest BCUT2D eigenvalue weighted by Gasteiger charge is 2.21. The van der Waals surface area contributed by atoms with Gasteiger partial charge in [-0.2, -0.15) is 0 Å². The van der Waals surface area contributed by atoms with E-state index >= 15 is 0 Å². The van der Waals surface area contributed by atoms with Crippen molar-refractivity contribution in [3.8, 4) is 0 Å². The molecule has 0 aliphatic carbocycles. The summed E-state index contributed by atoms with van der Waals surface area (Å²) in [6.07, 6.45) is 0. The topological polar surface area (TPSA) is 62.6 Å². The molecular formula is C14H13FN2O3. The molecule has 1 aromatic heterocycles. The lowest BCUT2D eigenvalue weighted by atomic mass is 10.1. The van der Waals surface area contributed by atoms with Crippen LogP contribution in [0.15, 0.2) is 33.5 Å². The molecule has 2 aromatic rings. The zero-order chi connectivity index (χ0) is 14.1. The van der Waals surface area contributed by atoms with E-state index < -0.39 is 11.4 Å². The van der Waals surface area contributed by atoms with Gasteiger partial charge in [-0.25, -0.2) is 9.18 Å². The van der Waals surface area contributed by atoms with Crippen molar-refractivity contribution in [2.24, 2.45) is 0 Å². The molecule has 1 aliphatic heterocycles. The molecule has 1 amide bonds. The fourth-order valence-corrected chi connectivity index (χ4v) is 2.27. The Hall–Kier alpha value is -2.21. The van der Waals surface area contributed by atoms with E-state index in [0.29, 0.717) is 31.6 Å². The van der Waals surface area contributed by atoms with Crippen LogP contribution in [0.25, 0.3) is 11.0 Å². The Morgan fingerprint density at radius 3 is 2.75 bits per heavy atom. The first kappa shape index (κ1) is 12.8. The van der Waals surface area contributed by atoms with Gasteiger partial charge in [-0.3, -0.25) is 4.79 Å². The van der Waals surface area contributed by atoms with Crippen LogP contribution in [0.5, 0.6) is 0 Å². The zero-order valence-electron chi connectivity index (χ0n) is 10.7. The minimum atomic E-state index is -0.730. The number of halogens is 1. The van der Waals surface area contributed by atoms with Gasteiger partial charge in [0.05, 0.1) is 0 Å². The van der Waals surface area contributed by atoms with Crippen LogP contribution in [0.2, 0.25) is 0 Å². The quantitative estimate of drug-likeness (QED) is 0.789. The number of hydrogen-bond acceptors (Lipinski definition) is 4. The lowest BCUT2D eigenvalue weighted by molar-refractivity contribution is 0.0731. The summed E-state index contributed by atoms with van der Waals surface area (Å²) in [5.74, 6) is -0.826. The molecule has 3 rings (SSSR count). The number of amides is 1. The maximum atomic E-state index is 13.1. The number of fused-ring (bicyclic) bond motifs is 1. The summed E-state index contributed by atoms with van der Waals surface area (Å²) in [4.78, 5) is 25.8. The van der Waals surface area contributed by atoms with Gasteiger partial charge in [0.2, 0.25) is 0 Å². The molecule has 20 heavy (non-hydrogen) atoms. The lowest BCUT2D eigenvalue weighted by Gasteiger charge is -2.27. The predicted octanol–water partition coefficient (Wildman–Crippen LogP) is 0.977. The second-order valence-corrected chi connectivity index (χ2v) is 4.67. The first-order valence-electron chi connectivity index (χ1n) is 6.38. The van der Waals surface area contributed by atoms with Gasteiger partial charge in [0.25, 0.3) is 5.91 Å². The molecule has 0 spiro atoms. The van der Waals surface area contributed by atoms with Crippen molar-refractivity contribution in [3.63, 3.8) is 0 Å². The third kappa shape index (κ3) is 2.30. The van der Waals surface area contributed by atoms with Gasteiger partial charge in [0.15, 0.2) is 0 Å². The molecule has 0 saturated carbocycles. The van der Waals surface area contributed by atoms with Crippen molar-refractivity contribution in [2.75, 3.05) is 26.2 Å². The normalized spacial score (nSPS) is 15.6. The van der Waals surface area contributed by atoms with E-state index in [1.54, 1.807) is 4.90 Å². The van der Waals surface area contributed by atoms with Crippen LogP contribution in [-0.4, -0.2) is 37.0 Å². The number of carbonyl (C=O) groups is 1. The van der Waals surface area contributed by atoms with Gasteiger partial charge in [-0.15, -0.1) is 0 Å². The van der Waals surface area contributed by atoms with Crippen LogP contribution in [0.1, 0.15) is 10.4 Å². The van der Waals surface area contributed by atoms with E-state index in [2.05, 4.69) is 5.32 Å². The Bertz CT molecular complexity index is 720. The third-order valence-corrected chi connectivity index (χ3v) is 3.33. The molecule has 0 bridgehead atoms. The molecule has 1 saturated heterocycles. The molecule has 6 heteroatoms. The summed E-state index contributed by atoms with van der Waals surface area (Å²) in [6.45, 7) is 2.52. The first-order chi connectivity index (χ1) is 9.65. The molecule has 1 aliphatic rings. The Morgan fingerprint density at radius 2 is 2.00 bits per heavy atom. The lowest BCUT2D eigenvalue weighted by Crippen LogP contribution is -2.47. The summed E-state index contributed by atoms with van der Waals surface area (Å²) in [5.41, 5.74) is -0.593. The number of hydrogen-bond donors (Lipinski definition) is 1. The van der Waals surface area contributed by atoms with Crippen molar-refractivity contribution in [1.29, 1.82) is 0 Å². The second-order valence-electron chi connectivity index (χ2n) is 4.67. The predicted molar refractivity (Wildman–Crippen MR) is 71.2 cm³/mol. The standard InChI is InChI=1S/C14H13FN2O3/c15-10-2-1-9-7-11(14(19)20-12(9)8-10)13(18)17-5-3-16-4-6-17/h1-2,7-8,16H,3-6H2. The minimum Gasteiger partial charge on any atom is -0.422 e. The Labute approximate surface area is 114 Å². The van der Waals surface area contributed by atoms with Gasteiger partial charge in [0.1, 0.15) is 17.0 Å². The minimum absolute atomic E-state index is 0.00833. The van der Waals surface area contributed by atoms with Crippen molar-refractivity contribution < 1.29 is 13.6 Å². The molecule has 104 valence electrons. The molecular weight excluding hydrogens is 263 g/mol. The zero-order valence-corrected chi connectivity index (χ0v) is 10.7. The van der Waals surface area contributed by atoms with Crippen molar-refractivity contribution >= 4 is 16.9 Å². The number of nitrogens with zero attached hydrogens (tertiary/aromatic N) is 1. The van der Waals surface area contributed by atoms with E-state index in [-0.39, 0.29) is 17.1 Å². The monoisotopic (exact) mass is 276 g/mol. The van der Waals surface area contributed by atoms with Gasteiger partial charge < -0.3 is 14.6 Å². The maximum Gasteiger partial charge on any atom is 0.349 e. The third-order valence-electron chi connectivity index (χ3n) is 3.33. The molecule has 1 fully saturated rings. The highest BCUT2D eigenvalue weighted by Crippen LogP contribution is 2.15. The average molecular weight is 276 g/mol. The molecule has 2 heterocycles. The number of carbonyl (C=O) groups excluding carboxylic acids is 1. The number of nitrogens with one attached hydrogen (secondary N) is 1. The SMILES string of the molecule is O=C(c1cc2ccc(F)cc2oc1=O)N1CCNCC1. The molecule has 0 atom stereocenters. The van der Waals surface area contributed by atoms with Crippen LogP contribution in [0.4, 0.5) is 4.39 Å². The summed E-state index contributed by atoms with van der Waals surface area (Å²) in [7, 11) is 0. The molecule has 0 unspecified atom stereocenters. The average Bonchev–Trinajstić information content (AvgIpc) is 2.46. The first-order valence-corrected chi connectivity index (χ1v) is 6.38. The van der Waals surface area contributed by atoms with Crippen molar-refractivity contribution in [1.82, 2.24) is 10.2 Å². The maximum absolute atomic E-state index is 13.1. The van der Waals surface area contributed by atoms with E-state index in [0.717, 1.165) is 6.07 Å². The van der Waals surface area contributed by atoms with E-state index in [1.807, 2.05) is 0 Å². The van der Waals surface area contributed by atoms with Crippen LogP contribution >= 0.6 is 0 Å². The highest BCUT2D eigenvalue weighted by atomic mass is 19.1. The van der Waals surface area contributed by atoms with E-state index in [9.17, 15) is 14.0 Å². The molecule has 1 aromatic carbocycles. The summed E-state index contributed by atoms with van der Waals surface area (Å²) in [6, 6.07) is 5.35. The largest absolute Gasteiger partial charge is 0.422 e. The van der Waals surface area contributed by atoms with Crippen molar-refractivity contribution in [3.05, 3.63) is 46.1 Å². The number of benzene rings is 1. The summed E-state index contributed by atoms with van der Waals surface area (Å²) >= 11 is 0. The van der Waals surface area contributed by atoms with Crippen molar-refractivity contribution in [2.45, 2.75) is 0 Å². The molecule has 5 nitrogen and oxygen atoms in total. The van der Waals surface area contributed by atoms with Gasteiger partial charge in [0, 0.05) is 37.6 Å². The fraction of sp³-hybridized carbons (Fsp3) is 0.286. The van der Waals surface area contributed by atoms with Crippen LogP contribution in [0, 0.1) is 5.82 Å². The highest BCUT2D eigenvalue weighted by molar-refractivity contribution is 5.96. The second kappa shape index (κ2) is 5.05. The number of piperazine rings is 1. The Balaban J connectivity index is 2.02. The summed E-state index contributed by atoms with van der Waals surface area (Å²) < 4.78 is 18.1. The van der Waals surface area contributed by atoms with Gasteiger partial charge >= 0.3 is 5.63 Å². The summed E-state index contributed by atoms with van der Waals surface area (Å²) in [5, 5.41) is 3.67. The Kier molecular flexibility index (Phi) is 3.23. The van der Waals surface area contributed by atoms with Gasteiger partial charge in [-0.05, 0) is 18.2 Å². The fourth-order valence-electron chi connectivity index (χ4n) is 2.27. The van der Waals surface area contributed by atoms with Crippen LogP contribution in [0.3, 0.4) is 0 Å². The van der Waals surface area contributed by atoms with Crippen LogP contribution in [-0.2, 0) is 0 Å². The van der Waals surface area contributed by atoms with E-state index in [1.165, 1.54) is 18.2 Å². The smallest absolute Gasteiger partial charge is 0.349 e.